The summed E-state index contributed by atoms with van der Waals surface area (Å²) in [6, 6.07) is 1.60. The topological polar surface area (TPSA) is 143 Å². The molecule has 2 saturated carbocycles. The molecule has 1 aromatic carbocycles. The van der Waals surface area contributed by atoms with Crippen molar-refractivity contribution in [3.05, 3.63) is 28.3 Å². The van der Waals surface area contributed by atoms with Gasteiger partial charge >= 0.3 is 0 Å². The van der Waals surface area contributed by atoms with Crippen LogP contribution in [0.4, 0.5) is 0 Å². The number of phenols is 1. The van der Waals surface area contributed by atoms with Gasteiger partial charge in [0, 0.05) is 22.5 Å². The Balaban J connectivity index is 2.04. The van der Waals surface area contributed by atoms with Crippen LogP contribution in [-0.4, -0.2) is 50.5 Å². The first kappa shape index (κ1) is 29.0. The highest BCUT2D eigenvalue weighted by atomic mass is 16.3. The molecule has 0 heterocycles. The maximum absolute atomic E-state index is 14.3. The number of aliphatic hydroxyl groups is 1. The molecule has 3 unspecified atom stereocenters. The van der Waals surface area contributed by atoms with Gasteiger partial charge in [0.1, 0.15) is 17.5 Å². The molecule has 0 aromatic heterocycles. The Hall–Kier alpha value is -3.00. The summed E-state index contributed by atoms with van der Waals surface area (Å²) in [6.45, 7) is 14.6. The number of carbonyl (C=O) groups is 6. The molecule has 0 saturated heterocycles. The van der Waals surface area contributed by atoms with Crippen LogP contribution < -0.4 is 0 Å². The first-order valence-corrected chi connectivity index (χ1v) is 13.5. The number of phenolic OH excluding ortho intramolecular Hbond substituents is 1. The largest absolute Gasteiger partial charge is 0.507 e. The molecule has 3 aliphatic carbocycles. The van der Waals surface area contributed by atoms with E-state index < -0.39 is 74.4 Å². The highest BCUT2D eigenvalue weighted by Gasteiger charge is 2.76. The van der Waals surface area contributed by atoms with Crippen molar-refractivity contribution in [2.45, 2.75) is 86.2 Å². The summed E-state index contributed by atoms with van der Waals surface area (Å²) < 4.78 is 0. The first-order valence-electron chi connectivity index (χ1n) is 13.5. The van der Waals surface area contributed by atoms with Crippen molar-refractivity contribution in [1.29, 1.82) is 0 Å². The number of hydrogen-bond donors (Lipinski definition) is 2. The van der Waals surface area contributed by atoms with Gasteiger partial charge in [-0.25, -0.2) is 0 Å². The molecular formula is C31H38O8. The van der Waals surface area contributed by atoms with Crippen LogP contribution in [0.25, 0.3) is 0 Å². The van der Waals surface area contributed by atoms with Crippen LogP contribution in [0.2, 0.25) is 0 Å². The van der Waals surface area contributed by atoms with E-state index in [-0.39, 0.29) is 35.5 Å². The molecule has 1 aromatic rings. The predicted octanol–water partition coefficient (Wildman–Crippen LogP) is 3.59. The van der Waals surface area contributed by atoms with Gasteiger partial charge < -0.3 is 10.2 Å². The Morgan fingerprint density at radius 2 is 1.59 bits per heavy atom. The van der Waals surface area contributed by atoms with E-state index in [0.717, 1.165) is 6.92 Å². The lowest BCUT2D eigenvalue weighted by molar-refractivity contribution is -0.205. The normalized spacial score (nSPS) is 34.5. The van der Waals surface area contributed by atoms with Crippen molar-refractivity contribution in [3.63, 3.8) is 0 Å². The number of Topliss-reactive ketones (excluding diaryl/α,β-unsaturated/α-hetero) is 6. The van der Waals surface area contributed by atoms with Crippen LogP contribution in [0.15, 0.2) is 6.07 Å². The third-order valence-electron chi connectivity index (χ3n) is 9.57. The highest BCUT2D eigenvalue weighted by Crippen LogP contribution is 2.64. The van der Waals surface area contributed by atoms with E-state index in [1.54, 1.807) is 26.8 Å². The summed E-state index contributed by atoms with van der Waals surface area (Å²) >= 11 is 0. The van der Waals surface area contributed by atoms with Crippen molar-refractivity contribution in [2.75, 3.05) is 0 Å². The van der Waals surface area contributed by atoms with Crippen LogP contribution in [-0.2, 0) is 31.0 Å². The number of carbonyl (C=O) groups excluding carboxylic acids is 6. The number of aromatic hydroxyl groups is 1. The molecule has 2 fully saturated rings. The SMILES string of the molecule is CC(=O)c1cc(C(C)(C)C)c(O)c2c1C[C@]1(C)C[C@]3(C)C(C(C)C)C(=O)C(C(C)=O)C(=O)[C@]3(O)C(=O)C1C2=O. The molecule has 3 aliphatic rings. The predicted molar refractivity (Wildman–Crippen MR) is 142 cm³/mol. The zero-order valence-corrected chi connectivity index (χ0v) is 24.1. The molecular weight excluding hydrogens is 500 g/mol. The Morgan fingerprint density at radius 1 is 1.03 bits per heavy atom. The van der Waals surface area contributed by atoms with Crippen LogP contribution >= 0.6 is 0 Å². The minimum Gasteiger partial charge on any atom is -0.507 e. The smallest absolute Gasteiger partial charge is 0.190 e. The fourth-order valence-electron chi connectivity index (χ4n) is 8.09. The van der Waals surface area contributed by atoms with E-state index >= 15 is 0 Å². The Bertz CT molecular complexity index is 1380. The van der Waals surface area contributed by atoms with Gasteiger partial charge in [0.25, 0.3) is 0 Å². The zero-order valence-electron chi connectivity index (χ0n) is 24.1. The molecule has 2 N–H and O–H groups in total. The Morgan fingerprint density at radius 3 is 2.05 bits per heavy atom. The van der Waals surface area contributed by atoms with Gasteiger partial charge in [-0.05, 0) is 55.1 Å². The van der Waals surface area contributed by atoms with Crippen molar-refractivity contribution in [3.8, 4) is 5.75 Å². The third kappa shape index (κ3) is 3.59. The molecule has 8 nitrogen and oxygen atoms in total. The summed E-state index contributed by atoms with van der Waals surface area (Å²) in [6.07, 6.45) is -0.00541. The van der Waals surface area contributed by atoms with Gasteiger partial charge in [0.05, 0.1) is 11.5 Å². The number of ketones is 6. The standard InChI is InChI=1S/C31H38O8/c1-13(2)21-24(35)19(15(4)33)26(37)31(39)27(38)22-25(36)20-17(11-29(22,8)12-30(21,31)9)16(14(3)32)10-18(23(20)34)28(5,6)7/h10,13,19,21-22,34,39H,11-12H2,1-9H3/t19?,21?,22?,29-,30-,31+/m1/s1. The average Bonchev–Trinajstić information content (AvgIpc) is 2.74. The van der Waals surface area contributed by atoms with Gasteiger partial charge in [0.2, 0.25) is 0 Å². The van der Waals surface area contributed by atoms with Gasteiger partial charge in [-0.2, -0.15) is 0 Å². The molecule has 0 radical (unpaired) electrons. The molecule has 6 atom stereocenters. The van der Waals surface area contributed by atoms with Crippen LogP contribution in [0.3, 0.4) is 0 Å². The summed E-state index contributed by atoms with van der Waals surface area (Å²) in [5.41, 5.74) is -5.32. The third-order valence-corrected chi connectivity index (χ3v) is 9.57. The average molecular weight is 539 g/mol. The van der Waals surface area contributed by atoms with E-state index in [9.17, 15) is 39.0 Å². The fourth-order valence-corrected chi connectivity index (χ4v) is 8.09. The molecule has 0 amide bonds. The lowest BCUT2D eigenvalue weighted by Crippen LogP contribution is -2.76. The van der Waals surface area contributed by atoms with Gasteiger partial charge in [-0.3, -0.25) is 28.8 Å². The second-order valence-corrected chi connectivity index (χ2v) is 13.8. The molecule has 8 heteroatoms. The van der Waals surface area contributed by atoms with Gasteiger partial charge in [-0.1, -0.05) is 48.5 Å². The Kier molecular flexibility index (Phi) is 6.32. The maximum atomic E-state index is 14.3. The number of benzene rings is 1. The summed E-state index contributed by atoms with van der Waals surface area (Å²) in [5.74, 6) is -9.73. The molecule has 0 spiro atoms. The van der Waals surface area contributed by atoms with E-state index in [1.165, 1.54) is 13.8 Å². The van der Waals surface area contributed by atoms with Crippen molar-refractivity contribution in [2.24, 2.45) is 34.5 Å². The van der Waals surface area contributed by atoms with E-state index in [2.05, 4.69) is 0 Å². The van der Waals surface area contributed by atoms with Crippen molar-refractivity contribution in [1.82, 2.24) is 0 Å². The van der Waals surface area contributed by atoms with E-state index in [1.807, 2.05) is 20.8 Å². The minimum absolute atomic E-state index is 0.0480. The summed E-state index contributed by atoms with van der Waals surface area (Å²) in [4.78, 5) is 81.1. The van der Waals surface area contributed by atoms with E-state index in [4.69, 9.17) is 0 Å². The molecule has 0 bridgehead atoms. The monoisotopic (exact) mass is 538 g/mol. The first-order chi connectivity index (χ1) is 17.7. The second-order valence-electron chi connectivity index (χ2n) is 13.8. The van der Waals surface area contributed by atoms with Crippen LogP contribution in [0.5, 0.6) is 5.75 Å². The minimum atomic E-state index is -2.75. The van der Waals surface area contributed by atoms with Gasteiger partial charge in [-0.15, -0.1) is 0 Å². The fraction of sp³-hybridized carbons (Fsp3) is 0.613. The lowest BCUT2D eigenvalue weighted by Gasteiger charge is -2.62. The van der Waals surface area contributed by atoms with Gasteiger partial charge in [0.15, 0.2) is 34.5 Å². The van der Waals surface area contributed by atoms with E-state index in [0.29, 0.717) is 11.1 Å². The Labute approximate surface area is 228 Å². The molecule has 4 rings (SSSR count). The maximum Gasteiger partial charge on any atom is 0.190 e. The van der Waals surface area contributed by atoms with Crippen molar-refractivity contribution >= 4 is 34.7 Å². The quantitative estimate of drug-likeness (QED) is 0.439. The number of fused-ring (bicyclic) bond motifs is 3. The van der Waals surface area contributed by atoms with Crippen molar-refractivity contribution < 1.29 is 39.0 Å². The summed E-state index contributed by atoms with van der Waals surface area (Å²) in [5, 5.41) is 23.4. The highest BCUT2D eigenvalue weighted by molar-refractivity contribution is 6.32. The lowest BCUT2D eigenvalue weighted by atomic mass is 9.39. The molecule has 210 valence electrons. The van der Waals surface area contributed by atoms with Crippen LogP contribution in [0.1, 0.15) is 101 Å². The number of hydrogen-bond acceptors (Lipinski definition) is 8. The zero-order chi connectivity index (χ0) is 29.8. The second kappa shape index (κ2) is 8.50. The van der Waals surface area contributed by atoms with Crippen LogP contribution in [0, 0.1) is 34.5 Å². The molecule has 0 aliphatic heterocycles. The molecule has 39 heavy (non-hydrogen) atoms. The summed E-state index contributed by atoms with van der Waals surface area (Å²) in [7, 11) is 0. The number of rotatable bonds is 3.